The van der Waals surface area contributed by atoms with Gasteiger partial charge in [-0.15, -0.1) is 0 Å². The monoisotopic (exact) mass is 153 g/mol. The summed E-state index contributed by atoms with van der Waals surface area (Å²) in [4.78, 5) is 0. The van der Waals surface area contributed by atoms with Gasteiger partial charge < -0.3 is 5.32 Å². The summed E-state index contributed by atoms with van der Waals surface area (Å²) >= 11 is 0. The first-order chi connectivity index (χ1) is 5.02. The van der Waals surface area contributed by atoms with E-state index in [0.29, 0.717) is 11.1 Å². The molecule has 3 rings (SSSR count). The molecule has 0 aromatic carbocycles. The molecule has 1 N–H and O–H groups in total. The number of nitrogens with one attached hydrogen (secondary N) is 1. The maximum absolute atomic E-state index is 3.72. The molecule has 3 aliphatic rings. The summed E-state index contributed by atoms with van der Waals surface area (Å²) in [6.07, 6.45) is 5.57. The van der Waals surface area contributed by atoms with Gasteiger partial charge in [0.1, 0.15) is 0 Å². The van der Waals surface area contributed by atoms with Crippen LogP contribution in [0.5, 0.6) is 0 Å². The molecular formula is C10H19N. The van der Waals surface area contributed by atoms with E-state index in [1.807, 2.05) is 0 Å². The first-order valence-electron chi connectivity index (χ1n) is 4.81. The average molecular weight is 153 g/mol. The topological polar surface area (TPSA) is 12.0 Å². The summed E-state index contributed by atoms with van der Waals surface area (Å²) in [5.74, 6) is 0.928. The lowest BCUT2D eigenvalue weighted by atomic mass is 9.72. The largest absolute Gasteiger partial charge is 0.306 e. The van der Waals surface area contributed by atoms with Crippen LogP contribution in [-0.2, 0) is 0 Å². The molecule has 0 aromatic heterocycles. The number of fused-ring (bicyclic) bond motifs is 3. The van der Waals surface area contributed by atoms with Gasteiger partial charge in [0.15, 0.2) is 0 Å². The van der Waals surface area contributed by atoms with E-state index in [0.717, 1.165) is 5.92 Å². The van der Waals surface area contributed by atoms with Crippen molar-refractivity contribution >= 4 is 0 Å². The van der Waals surface area contributed by atoms with E-state index in [-0.39, 0.29) is 0 Å². The van der Waals surface area contributed by atoms with E-state index in [1.54, 1.807) is 0 Å². The lowest BCUT2D eigenvalue weighted by Gasteiger charge is -2.53. The minimum atomic E-state index is 0.491. The van der Waals surface area contributed by atoms with Gasteiger partial charge >= 0.3 is 0 Å². The molecule has 1 saturated carbocycles. The highest BCUT2D eigenvalue weighted by atomic mass is 15.1. The summed E-state index contributed by atoms with van der Waals surface area (Å²) in [6.45, 7) is 7.13. The van der Waals surface area contributed by atoms with Crippen molar-refractivity contribution in [2.75, 3.05) is 0 Å². The van der Waals surface area contributed by atoms with E-state index in [1.165, 1.54) is 25.7 Å². The molecule has 1 aliphatic carbocycles. The van der Waals surface area contributed by atoms with Crippen LogP contribution in [-0.4, -0.2) is 11.1 Å². The van der Waals surface area contributed by atoms with Gasteiger partial charge in [0.05, 0.1) is 0 Å². The van der Waals surface area contributed by atoms with Crippen LogP contribution in [0.15, 0.2) is 0 Å². The van der Waals surface area contributed by atoms with Crippen LogP contribution in [0.4, 0.5) is 0 Å². The van der Waals surface area contributed by atoms with Gasteiger partial charge in [0, 0.05) is 11.1 Å². The smallest absolute Gasteiger partial charge is 0.0178 e. The molecule has 1 nitrogen and oxygen atoms in total. The van der Waals surface area contributed by atoms with Crippen LogP contribution in [0.25, 0.3) is 0 Å². The molecule has 0 spiro atoms. The second kappa shape index (κ2) is 2.01. The van der Waals surface area contributed by atoms with E-state index in [4.69, 9.17) is 0 Å². The van der Waals surface area contributed by atoms with Gasteiger partial charge in [-0.05, 0) is 45.4 Å². The van der Waals surface area contributed by atoms with Crippen LogP contribution in [0.3, 0.4) is 0 Å². The summed E-state index contributed by atoms with van der Waals surface area (Å²) in [7, 11) is 0. The third kappa shape index (κ3) is 1.20. The molecule has 11 heavy (non-hydrogen) atoms. The van der Waals surface area contributed by atoms with Crippen LogP contribution < -0.4 is 5.32 Å². The minimum Gasteiger partial charge on any atom is -0.306 e. The fraction of sp³-hybridized carbons (Fsp3) is 1.00. The van der Waals surface area contributed by atoms with Gasteiger partial charge in [-0.2, -0.15) is 0 Å². The van der Waals surface area contributed by atoms with Crippen molar-refractivity contribution in [1.82, 2.24) is 5.32 Å². The summed E-state index contributed by atoms with van der Waals surface area (Å²) in [6, 6.07) is 0. The molecule has 2 bridgehead atoms. The quantitative estimate of drug-likeness (QED) is 0.563. The summed E-state index contributed by atoms with van der Waals surface area (Å²) in [5, 5.41) is 3.72. The Hall–Kier alpha value is -0.0400. The Morgan fingerprint density at radius 1 is 1.27 bits per heavy atom. The van der Waals surface area contributed by atoms with Crippen LogP contribution >= 0.6 is 0 Å². The number of hydrogen-bond donors (Lipinski definition) is 1. The number of hydrogen-bond acceptors (Lipinski definition) is 1. The van der Waals surface area contributed by atoms with Gasteiger partial charge in [0.25, 0.3) is 0 Å². The lowest BCUT2D eigenvalue weighted by Crippen LogP contribution is -2.68. The normalized spacial score (nSPS) is 56.5. The first kappa shape index (κ1) is 7.60. The molecule has 3 unspecified atom stereocenters. The zero-order valence-electron chi connectivity index (χ0n) is 7.91. The van der Waals surface area contributed by atoms with Gasteiger partial charge in [-0.1, -0.05) is 6.92 Å². The number of rotatable bonds is 0. The fourth-order valence-electron chi connectivity index (χ4n) is 3.28. The Kier molecular flexibility index (Phi) is 1.39. The minimum absolute atomic E-state index is 0.491. The van der Waals surface area contributed by atoms with Crippen molar-refractivity contribution in [3.8, 4) is 0 Å². The SMILES string of the molecule is CC1CCC2(C)CC(C)(C1)N2. The molecule has 0 amide bonds. The zero-order chi connectivity index (χ0) is 8.11. The van der Waals surface area contributed by atoms with Crippen molar-refractivity contribution < 1.29 is 0 Å². The van der Waals surface area contributed by atoms with Crippen LogP contribution in [0.1, 0.15) is 46.5 Å². The molecule has 0 radical (unpaired) electrons. The van der Waals surface area contributed by atoms with Crippen LogP contribution in [0.2, 0.25) is 0 Å². The van der Waals surface area contributed by atoms with Crippen molar-refractivity contribution in [1.29, 1.82) is 0 Å². The molecule has 0 aromatic rings. The second-order valence-electron chi connectivity index (χ2n) is 5.27. The van der Waals surface area contributed by atoms with Gasteiger partial charge in [-0.3, -0.25) is 0 Å². The standard InChI is InChI=1S/C10H19N/c1-8-4-5-9(2)7-10(3,6-8)11-9/h8,11H,4-7H2,1-3H3. The molecule has 3 fully saturated rings. The predicted molar refractivity (Wildman–Crippen MR) is 47.6 cm³/mol. The van der Waals surface area contributed by atoms with E-state index >= 15 is 0 Å². The molecule has 64 valence electrons. The molecular weight excluding hydrogens is 134 g/mol. The Labute approximate surface area is 69.6 Å². The molecule has 1 heteroatoms. The first-order valence-corrected chi connectivity index (χ1v) is 4.81. The zero-order valence-corrected chi connectivity index (χ0v) is 7.91. The van der Waals surface area contributed by atoms with Crippen molar-refractivity contribution in [2.24, 2.45) is 5.92 Å². The van der Waals surface area contributed by atoms with Gasteiger partial charge in [0.2, 0.25) is 0 Å². The third-order valence-electron chi connectivity index (χ3n) is 3.37. The Balaban J connectivity index is 2.12. The fourth-order valence-corrected chi connectivity index (χ4v) is 3.28. The second-order valence-corrected chi connectivity index (χ2v) is 5.27. The van der Waals surface area contributed by atoms with Crippen molar-refractivity contribution in [3.05, 3.63) is 0 Å². The molecule has 2 aliphatic heterocycles. The lowest BCUT2D eigenvalue weighted by molar-refractivity contribution is 0.0733. The predicted octanol–water partition coefficient (Wildman–Crippen LogP) is 2.32. The highest BCUT2D eigenvalue weighted by Gasteiger charge is 2.50. The third-order valence-corrected chi connectivity index (χ3v) is 3.37. The Morgan fingerprint density at radius 3 is 2.55 bits per heavy atom. The van der Waals surface area contributed by atoms with E-state index < -0.39 is 0 Å². The van der Waals surface area contributed by atoms with E-state index in [9.17, 15) is 0 Å². The van der Waals surface area contributed by atoms with Crippen LogP contribution in [0, 0.1) is 5.92 Å². The van der Waals surface area contributed by atoms with E-state index in [2.05, 4.69) is 26.1 Å². The highest BCUT2D eigenvalue weighted by molar-refractivity contribution is 5.10. The maximum atomic E-state index is 3.72. The Bertz CT molecular complexity index is 162. The van der Waals surface area contributed by atoms with Crippen molar-refractivity contribution in [3.63, 3.8) is 0 Å². The molecule has 3 atom stereocenters. The Morgan fingerprint density at radius 2 is 1.91 bits per heavy atom. The van der Waals surface area contributed by atoms with Gasteiger partial charge in [-0.25, -0.2) is 0 Å². The average Bonchev–Trinajstić information content (AvgIpc) is 1.93. The molecule has 2 heterocycles. The maximum Gasteiger partial charge on any atom is 0.0178 e. The highest BCUT2D eigenvalue weighted by Crippen LogP contribution is 2.45. The van der Waals surface area contributed by atoms with Crippen molar-refractivity contribution in [2.45, 2.75) is 57.5 Å². The summed E-state index contributed by atoms with van der Waals surface area (Å²) < 4.78 is 0. The summed E-state index contributed by atoms with van der Waals surface area (Å²) in [5.41, 5.74) is 0.990. The molecule has 2 saturated heterocycles.